The minimum Gasteiger partial charge on any atom is -0.301 e. The number of benzene rings is 1. The van der Waals surface area contributed by atoms with Gasteiger partial charge in [0.2, 0.25) is 5.91 Å². The van der Waals surface area contributed by atoms with Crippen LogP contribution >= 0.6 is 11.3 Å². The molecule has 5 rings (SSSR count). The van der Waals surface area contributed by atoms with Crippen LogP contribution in [0.1, 0.15) is 43.6 Å². The zero-order valence-corrected chi connectivity index (χ0v) is 19.3. The van der Waals surface area contributed by atoms with E-state index in [0.29, 0.717) is 33.9 Å². The van der Waals surface area contributed by atoms with Gasteiger partial charge in [-0.3, -0.25) is 4.79 Å². The number of nitrogens with one attached hydrogen (secondary N) is 1. The quantitative estimate of drug-likeness (QED) is 0.512. The standard InChI is InChI=1S/C23H23F2N3O3S2/c24-18-11-13(12-19(18)25)10-17(14-3-5-15(6-4-14)33(30,31)16-7-8-16)21(29)28-23-27-20-2-1-9-26-22(20)32-23/h1-6,9,13,16-19H,7-8,10-12H2,(H,27,28,29)/t13-,17-,18+,19-/m1/s1. The molecule has 2 fully saturated rings. The molecule has 1 N–H and O–H groups in total. The Hall–Kier alpha value is -2.46. The summed E-state index contributed by atoms with van der Waals surface area (Å²) >= 11 is 1.24. The summed E-state index contributed by atoms with van der Waals surface area (Å²) in [5.41, 5.74) is 1.28. The first-order valence-corrected chi connectivity index (χ1v) is 13.3. The molecular formula is C23H23F2N3O3S2. The molecule has 4 atom stereocenters. The minimum absolute atomic E-state index is 0.0736. The highest BCUT2D eigenvalue weighted by molar-refractivity contribution is 7.92. The number of halogens is 2. The number of hydrogen-bond donors (Lipinski definition) is 1. The number of anilines is 1. The maximum Gasteiger partial charge on any atom is 0.233 e. The molecule has 2 heterocycles. The van der Waals surface area contributed by atoms with Gasteiger partial charge in [0.25, 0.3) is 0 Å². The molecule has 2 aromatic heterocycles. The molecule has 1 amide bonds. The van der Waals surface area contributed by atoms with E-state index in [4.69, 9.17) is 0 Å². The normalized spacial score (nSPS) is 24.1. The molecule has 1 aromatic carbocycles. The molecular weight excluding hydrogens is 468 g/mol. The van der Waals surface area contributed by atoms with Gasteiger partial charge >= 0.3 is 0 Å². The summed E-state index contributed by atoms with van der Waals surface area (Å²) in [5, 5.41) is 2.89. The second kappa shape index (κ2) is 8.72. The molecule has 10 heteroatoms. The number of rotatable bonds is 7. The van der Waals surface area contributed by atoms with Crippen LogP contribution in [0.4, 0.5) is 13.9 Å². The average molecular weight is 492 g/mol. The maximum absolute atomic E-state index is 13.8. The van der Waals surface area contributed by atoms with Gasteiger partial charge < -0.3 is 5.32 Å². The van der Waals surface area contributed by atoms with E-state index in [-0.39, 0.29) is 41.2 Å². The molecule has 0 aliphatic heterocycles. The van der Waals surface area contributed by atoms with Crippen molar-refractivity contribution in [3.63, 3.8) is 0 Å². The third-order valence-corrected chi connectivity index (χ3v) is 9.54. The number of nitrogens with zero attached hydrogens (tertiary/aromatic N) is 2. The topological polar surface area (TPSA) is 89.0 Å². The molecule has 2 saturated carbocycles. The van der Waals surface area contributed by atoms with Crippen molar-refractivity contribution in [2.45, 2.75) is 60.5 Å². The lowest BCUT2D eigenvalue weighted by molar-refractivity contribution is -0.118. The fourth-order valence-electron chi connectivity index (χ4n) is 4.43. The van der Waals surface area contributed by atoms with Crippen molar-refractivity contribution in [2.24, 2.45) is 5.92 Å². The van der Waals surface area contributed by atoms with Gasteiger partial charge in [0.15, 0.2) is 15.0 Å². The summed E-state index contributed by atoms with van der Waals surface area (Å²) in [6, 6.07) is 9.87. The Morgan fingerprint density at radius 2 is 1.82 bits per heavy atom. The maximum atomic E-state index is 13.8. The number of sulfone groups is 1. The van der Waals surface area contributed by atoms with Gasteiger partial charge in [-0.2, -0.15) is 0 Å². The summed E-state index contributed by atoms with van der Waals surface area (Å²) in [6.07, 6.45) is 0.372. The van der Waals surface area contributed by atoms with E-state index in [0.717, 1.165) is 0 Å². The summed E-state index contributed by atoms with van der Waals surface area (Å²) in [6.45, 7) is 0. The Labute approximate surface area is 194 Å². The van der Waals surface area contributed by atoms with Crippen LogP contribution < -0.4 is 5.32 Å². The largest absolute Gasteiger partial charge is 0.301 e. The van der Waals surface area contributed by atoms with E-state index >= 15 is 0 Å². The van der Waals surface area contributed by atoms with Gasteiger partial charge in [0.1, 0.15) is 22.7 Å². The van der Waals surface area contributed by atoms with Gasteiger partial charge in [0.05, 0.1) is 16.1 Å². The lowest BCUT2D eigenvalue weighted by Gasteiger charge is -2.20. The fourth-order valence-corrected chi connectivity index (χ4v) is 6.89. The average Bonchev–Trinajstić information content (AvgIpc) is 3.51. The van der Waals surface area contributed by atoms with Crippen molar-refractivity contribution < 1.29 is 22.0 Å². The molecule has 0 radical (unpaired) electrons. The monoisotopic (exact) mass is 491 g/mol. The number of alkyl halides is 2. The summed E-state index contributed by atoms with van der Waals surface area (Å²) in [5.74, 6) is -1.31. The molecule has 0 saturated heterocycles. The van der Waals surface area contributed by atoms with Gasteiger partial charge in [-0.05, 0) is 67.9 Å². The van der Waals surface area contributed by atoms with E-state index in [1.54, 1.807) is 30.5 Å². The Balaban J connectivity index is 1.40. The van der Waals surface area contributed by atoms with Gasteiger partial charge in [0, 0.05) is 6.20 Å². The van der Waals surface area contributed by atoms with Crippen molar-refractivity contribution in [3.05, 3.63) is 48.2 Å². The van der Waals surface area contributed by atoms with Crippen molar-refractivity contribution >= 4 is 42.6 Å². The fraction of sp³-hybridized carbons (Fsp3) is 0.435. The Morgan fingerprint density at radius 3 is 2.45 bits per heavy atom. The smallest absolute Gasteiger partial charge is 0.233 e. The zero-order valence-electron chi connectivity index (χ0n) is 17.7. The predicted molar refractivity (Wildman–Crippen MR) is 123 cm³/mol. The molecule has 0 bridgehead atoms. The van der Waals surface area contributed by atoms with Crippen LogP contribution in [-0.2, 0) is 14.6 Å². The first-order valence-electron chi connectivity index (χ1n) is 11.0. The van der Waals surface area contributed by atoms with Gasteiger partial charge in [-0.25, -0.2) is 27.2 Å². The second-order valence-electron chi connectivity index (χ2n) is 8.81. The van der Waals surface area contributed by atoms with Crippen LogP contribution in [0.3, 0.4) is 0 Å². The molecule has 174 valence electrons. The summed E-state index contributed by atoms with van der Waals surface area (Å²) in [4.78, 5) is 22.8. The Kier molecular flexibility index (Phi) is 5.90. The number of aromatic nitrogens is 2. The van der Waals surface area contributed by atoms with E-state index in [2.05, 4.69) is 15.3 Å². The zero-order chi connectivity index (χ0) is 23.2. The van der Waals surface area contributed by atoms with E-state index < -0.39 is 28.1 Å². The van der Waals surface area contributed by atoms with Crippen molar-refractivity contribution in [2.75, 3.05) is 5.32 Å². The van der Waals surface area contributed by atoms with Crippen LogP contribution in [0.15, 0.2) is 47.5 Å². The number of amides is 1. The Bertz CT molecular complexity index is 1230. The van der Waals surface area contributed by atoms with Gasteiger partial charge in [-0.15, -0.1) is 0 Å². The van der Waals surface area contributed by atoms with Crippen LogP contribution in [0, 0.1) is 5.92 Å². The number of carbonyl (C=O) groups excluding carboxylic acids is 1. The van der Waals surface area contributed by atoms with Gasteiger partial charge in [-0.1, -0.05) is 23.5 Å². The lowest BCUT2D eigenvalue weighted by atomic mass is 9.87. The lowest BCUT2D eigenvalue weighted by Crippen LogP contribution is -2.23. The van der Waals surface area contributed by atoms with Crippen molar-refractivity contribution in [3.8, 4) is 0 Å². The minimum atomic E-state index is -3.34. The third kappa shape index (κ3) is 4.63. The molecule has 33 heavy (non-hydrogen) atoms. The number of hydrogen-bond acceptors (Lipinski definition) is 6. The predicted octanol–water partition coefficient (Wildman–Crippen LogP) is 4.83. The first-order chi connectivity index (χ1) is 15.8. The van der Waals surface area contributed by atoms with Crippen LogP contribution in [0.25, 0.3) is 10.3 Å². The highest BCUT2D eigenvalue weighted by atomic mass is 32.2. The SMILES string of the molecule is O=C(Nc1nc2cccnc2s1)[C@H](C[C@H]1C[C@@H](F)[C@@H](F)C1)c1ccc(S(=O)(=O)C2CC2)cc1. The number of thiazole rings is 1. The summed E-state index contributed by atoms with van der Waals surface area (Å²) in [7, 11) is -3.34. The number of fused-ring (bicyclic) bond motifs is 1. The molecule has 0 unspecified atom stereocenters. The number of carbonyl (C=O) groups is 1. The van der Waals surface area contributed by atoms with Crippen molar-refractivity contribution in [1.29, 1.82) is 0 Å². The summed E-state index contributed by atoms with van der Waals surface area (Å²) < 4.78 is 52.6. The van der Waals surface area contributed by atoms with E-state index in [1.807, 2.05) is 0 Å². The molecule has 0 spiro atoms. The van der Waals surface area contributed by atoms with Crippen LogP contribution in [0.2, 0.25) is 0 Å². The Morgan fingerprint density at radius 1 is 1.12 bits per heavy atom. The van der Waals surface area contributed by atoms with Crippen molar-refractivity contribution in [1.82, 2.24) is 9.97 Å². The molecule has 3 aromatic rings. The van der Waals surface area contributed by atoms with E-state index in [9.17, 15) is 22.0 Å². The van der Waals surface area contributed by atoms with Crippen LogP contribution in [0.5, 0.6) is 0 Å². The molecule has 6 nitrogen and oxygen atoms in total. The number of pyridine rings is 1. The second-order valence-corrected chi connectivity index (χ2v) is 12.0. The molecule has 2 aliphatic carbocycles. The van der Waals surface area contributed by atoms with Crippen LogP contribution in [-0.4, -0.2) is 41.9 Å². The highest BCUT2D eigenvalue weighted by Gasteiger charge is 2.38. The highest BCUT2D eigenvalue weighted by Crippen LogP contribution is 2.39. The van der Waals surface area contributed by atoms with E-state index in [1.165, 1.54) is 23.5 Å². The third-order valence-electron chi connectivity index (χ3n) is 6.37. The molecule has 2 aliphatic rings. The first kappa shape index (κ1) is 22.3.